The van der Waals surface area contributed by atoms with Gasteiger partial charge in [0.05, 0.1) is 23.5 Å². The van der Waals surface area contributed by atoms with Gasteiger partial charge in [-0.15, -0.1) is 0 Å². The topological polar surface area (TPSA) is 154 Å². The molecule has 0 saturated heterocycles. The van der Waals surface area contributed by atoms with Crippen LogP contribution >= 0.6 is 0 Å². The number of nitro benzene ring substituents is 1. The van der Waals surface area contributed by atoms with Crippen LogP contribution in [0.15, 0.2) is 42.5 Å². The molecule has 0 aliphatic carbocycles. The van der Waals surface area contributed by atoms with Crippen molar-refractivity contribution in [1.82, 2.24) is 0 Å². The number of nitrogens with zero attached hydrogens (tertiary/aromatic N) is 1. The summed E-state index contributed by atoms with van der Waals surface area (Å²) in [5.74, 6) is -2.35. The first-order chi connectivity index (χ1) is 15.7. The first-order valence-corrected chi connectivity index (χ1v) is 9.97. The highest BCUT2D eigenvalue weighted by Gasteiger charge is 2.14. The fourth-order valence-corrected chi connectivity index (χ4v) is 2.64. The number of benzene rings is 2. The van der Waals surface area contributed by atoms with E-state index in [0.717, 1.165) is 0 Å². The molecule has 0 saturated carbocycles. The molecule has 0 heterocycles. The van der Waals surface area contributed by atoms with E-state index in [1.807, 2.05) is 0 Å². The second-order valence-corrected chi connectivity index (χ2v) is 6.81. The molecule has 11 nitrogen and oxygen atoms in total. The van der Waals surface area contributed by atoms with Gasteiger partial charge in [0.1, 0.15) is 0 Å². The van der Waals surface area contributed by atoms with Crippen LogP contribution in [0.2, 0.25) is 0 Å². The lowest BCUT2D eigenvalue weighted by atomic mass is 10.2. The number of anilines is 2. The zero-order valence-electron chi connectivity index (χ0n) is 18.1. The molecule has 0 fully saturated rings. The molecule has 0 unspecified atom stereocenters. The Morgan fingerprint density at radius 2 is 1.55 bits per heavy atom. The summed E-state index contributed by atoms with van der Waals surface area (Å²) in [4.78, 5) is 57.7. The smallest absolute Gasteiger partial charge is 0.338 e. The maximum atomic E-state index is 12.0. The van der Waals surface area contributed by atoms with E-state index in [-0.39, 0.29) is 30.8 Å². The number of carbonyl (C=O) groups is 4. The summed E-state index contributed by atoms with van der Waals surface area (Å²) in [6.45, 7) is 2.92. The second-order valence-electron chi connectivity index (χ2n) is 6.81. The van der Waals surface area contributed by atoms with Crippen molar-refractivity contribution in [2.45, 2.75) is 26.7 Å². The van der Waals surface area contributed by atoms with Crippen LogP contribution in [0.1, 0.15) is 35.7 Å². The number of carbonyl (C=O) groups excluding carboxylic acids is 4. The maximum Gasteiger partial charge on any atom is 0.338 e. The Morgan fingerprint density at radius 1 is 0.909 bits per heavy atom. The van der Waals surface area contributed by atoms with Crippen LogP contribution in [0.4, 0.5) is 17.1 Å². The van der Waals surface area contributed by atoms with Crippen molar-refractivity contribution in [3.8, 4) is 0 Å². The summed E-state index contributed by atoms with van der Waals surface area (Å²) in [5.41, 5.74) is 1.27. The molecule has 0 atom stereocenters. The van der Waals surface area contributed by atoms with Crippen LogP contribution in [0.25, 0.3) is 0 Å². The van der Waals surface area contributed by atoms with Crippen molar-refractivity contribution in [3.05, 3.63) is 63.7 Å². The van der Waals surface area contributed by atoms with E-state index in [4.69, 9.17) is 9.47 Å². The summed E-state index contributed by atoms with van der Waals surface area (Å²) in [6, 6.07) is 10.3. The molecule has 11 heteroatoms. The minimum absolute atomic E-state index is 0.147. The third-order valence-electron chi connectivity index (χ3n) is 4.29. The number of hydrogen-bond donors (Lipinski definition) is 2. The van der Waals surface area contributed by atoms with Gasteiger partial charge in [-0.3, -0.25) is 24.5 Å². The molecule has 2 aromatic rings. The van der Waals surface area contributed by atoms with Gasteiger partial charge in [-0.1, -0.05) is 6.07 Å². The van der Waals surface area contributed by atoms with Crippen molar-refractivity contribution in [2.24, 2.45) is 0 Å². The summed E-state index contributed by atoms with van der Waals surface area (Å²) in [6.07, 6.45) is -0.430. The van der Waals surface area contributed by atoms with Crippen molar-refractivity contribution < 1.29 is 33.6 Å². The molecule has 0 bridgehead atoms. The van der Waals surface area contributed by atoms with Gasteiger partial charge >= 0.3 is 11.9 Å². The Bertz CT molecular complexity index is 1050. The van der Waals surface area contributed by atoms with Gasteiger partial charge in [0.2, 0.25) is 5.91 Å². The zero-order chi connectivity index (χ0) is 24.4. The van der Waals surface area contributed by atoms with Gasteiger partial charge in [-0.05, 0) is 44.2 Å². The average Bonchev–Trinajstić information content (AvgIpc) is 2.78. The molecule has 0 aromatic heterocycles. The van der Waals surface area contributed by atoms with Gasteiger partial charge in [0, 0.05) is 29.4 Å². The zero-order valence-corrected chi connectivity index (χ0v) is 18.1. The van der Waals surface area contributed by atoms with E-state index in [1.54, 1.807) is 13.8 Å². The van der Waals surface area contributed by atoms with Gasteiger partial charge < -0.3 is 20.1 Å². The number of amides is 2. The number of aryl methyl sites for hydroxylation is 1. The number of esters is 2. The fraction of sp³-hybridized carbons (Fsp3) is 0.273. The highest BCUT2D eigenvalue weighted by atomic mass is 16.6. The molecule has 0 aliphatic heterocycles. The van der Waals surface area contributed by atoms with Crippen LogP contribution in [-0.4, -0.2) is 41.9 Å². The second kappa shape index (κ2) is 11.9. The van der Waals surface area contributed by atoms with Crippen LogP contribution < -0.4 is 10.6 Å². The van der Waals surface area contributed by atoms with Gasteiger partial charge in [-0.2, -0.15) is 0 Å². The molecule has 33 heavy (non-hydrogen) atoms. The van der Waals surface area contributed by atoms with E-state index in [0.29, 0.717) is 16.8 Å². The standard InChI is InChI=1S/C22H23N3O8/c1-3-32-22(29)15-5-8-16(9-6-15)23-19(26)10-11-21(28)33-13-20(27)24-17-7-4-14(2)18(12-17)25(30)31/h4-9,12H,3,10-11,13H2,1-2H3,(H,23,26)(H,24,27). The van der Waals surface area contributed by atoms with Crippen LogP contribution in [-0.2, 0) is 23.9 Å². The quantitative estimate of drug-likeness (QED) is 0.313. The van der Waals surface area contributed by atoms with Crippen molar-refractivity contribution >= 4 is 40.8 Å². The lowest BCUT2D eigenvalue weighted by Crippen LogP contribution is -2.22. The van der Waals surface area contributed by atoms with Gasteiger partial charge in [-0.25, -0.2) is 4.79 Å². The Balaban J connectivity index is 1.73. The van der Waals surface area contributed by atoms with Gasteiger partial charge in [0.15, 0.2) is 6.61 Å². The lowest BCUT2D eigenvalue weighted by molar-refractivity contribution is -0.385. The highest BCUT2D eigenvalue weighted by Crippen LogP contribution is 2.22. The molecular weight excluding hydrogens is 434 g/mol. The Kier molecular flexibility index (Phi) is 9.04. The molecular formula is C22H23N3O8. The number of hydrogen-bond acceptors (Lipinski definition) is 8. The highest BCUT2D eigenvalue weighted by molar-refractivity contribution is 5.95. The summed E-state index contributed by atoms with van der Waals surface area (Å²) < 4.78 is 9.70. The van der Waals surface area contributed by atoms with Crippen molar-refractivity contribution in [3.63, 3.8) is 0 Å². The van der Waals surface area contributed by atoms with Crippen LogP contribution in [0.5, 0.6) is 0 Å². The Morgan fingerprint density at radius 3 is 2.18 bits per heavy atom. The average molecular weight is 457 g/mol. The number of rotatable bonds is 10. The van der Waals surface area contributed by atoms with E-state index in [2.05, 4.69) is 10.6 Å². The number of nitrogens with one attached hydrogen (secondary N) is 2. The van der Waals surface area contributed by atoms with E-state index in [9.17, 15) is 29.3 Å². The van der Waals surface area contributed by atoms with Crippen LogP contribution in [0, 0.1) is 17.0 Å². The largest absolute Gasteiger partial charge is 0.462 e. The Labute approximate surface area is 189 Å². The van der Waals surface area contributed by atoms with Crippen molar-refractivity contribution in [1.29, 1.82) is 0 Å². The van der Waals surface area contributed by atoms with E-state index < -0.39 is 35.3 Å². The first kappa shape index (κ1) is 25.0. The molecule has 0 spiro atoms. The minimum Gasteiger partial charge on any atom is -0.462 e. The molecule has 2 rings (SSSR count). The predicted octanol–water partition coefficient (Wildman–Crippen LogP) is 2.98. The molecule has 174 valence electrons. The first-order valence-electron chi connectivity index (χ1n) is 9.97. The van der Waals surface area contributed by atoms with Crippen molar-refractivity contribution in [2.75, 3.05) is 23.8 Å². The Hall–Kier alpha value is -4.28. The summed E-state index contributed by atoms with van der Waals surface area (Å²) >= 11 is 0. The van der Waals surface area contributed by atoms with E-state index >= 15 is 0 Å². The molecule has 2 amide bonds. The maximum absolute atomic E-state index is 12.0. The third-order valence-corrected chi connectivity index (χ3v) is 4.29. The molecule has 0 aliphatic rings. The molecule has 0 radical (unpaired) electrons. The molecule has 2 aromatic carbocycles. The normalized spacial score (nSPS) is 10.1. The number of nitro groups is 1. The molecule has 2 N–H and O–H groups in total. The third kappa shape index (κ3) is 8.05. The lowest BCUT2D eigenvalue weighted by Gasteiger charge is -2.08. The number of ether oxygens (including phenoxy) is 2. The van der Waals surface area contributed by atoms with Gasteiger partial charge in [0.25, 0.3) is 11.6 Å². The predicted molar refractivity (Wildman–Crippen MR) is 118 cm³/mol. The SMILES string of the molecule is CCOC(=O)c1ccc(NC(=O)CCC(=O)OCC(=O)Nc2ccc(C)c([N+](=O)[O-])c2)cc1. The monoisotopic (exact) mass is 457 g/mol. The van der Waals surface area contributed by atoms with Crippen LogP contribution in [0.3, 0.4) is 0 Å². The summed E-state index contributed by atoms with van der Waals surface area (Å²) in [5, 5.41) is 15.9. The fourth-order valence-electron chi connectivity index (χ4n) is 2.64. The summed E-state index contributed by atoms with van der Waals surface area (Å²) in [7, 11) is 0. The minimum atomic E-state index is -0.757. The van der Waals surface area contributed by atoms with E-state index in [1.165, 1.54) is 42.5 Å².